The molecule has 2 aromatic heterocycles. The predicted octanol–water partition coefficient (Wildman–Crippen LogP) is 3.78. The van der Waals surface area contributed by atoms with E-state index in [9.17, 15) is 14.0 Å². The molecule has 2 heterocycles. The summed E-state index contributed by atoms with van der Waals surface area (Å²) in [6, 6.07) is 10.4. The number of hydrogen-bond acceptors (Lipinski definition) is 3. The van der Waals surface area contributed by atoms with Crippen molar-refractivity contribution in [3.63, 3.8) is 0 Å². The lowest BCUT2D eigenvalue weighted by atomic mass is 9.94. The molecule has 0 aliphatic heterocycles. The highest BCUT2D eigenvalue weighted by atomic mass is 35.5. The van der Waals surface area contributed by atoms with E-state index in [1.54, 1.807) is 18.2 Å². The van der Waals surface area contributed by atoms with E-state index in [4.69, 9.17) is 23.2 Å². The molecule has 27 heavy (non-hydrogen) atoms. The van der Waals surface area contributed by atoms with Gasteiger partial charge in [-0.1, -0.05) is 29.3 Å². The van der Waals surface area contributed by atoms with Gasteiger partial charge in [-0.25, -0.2) is 4.39 Å². The largest absolute Gasteiger partial charge is 0.351 e. The normalized spacial score (nSPS) is 11.8. The average molecular weight is 406 g/mol. The van der Waals surface area contributed by atoms with Crippen molar-refractivity contribution in [2.45, 2.75) is 5.92 Å². The third-order valence-electron chi connectivity index (χ3n) is 3.98. The van der Waals surface area contributed by atoms with Crippen molar-refractivity contribution < 1.29 is 9.18 Å². The maximum atomic E-state index is 14.3. The molecule has 0 radical (unpaired) electrons. The molecule has 1 aromatic carbocycles. The van der Waals surface area contributed by atoms with Gasteiger partial charge in [0.15, 0.2) is 0 Å². The minimum Gasteiger partial charge on any atom is -0.351 e. The van der Waals surface area contributed by atoms with Crippen molar-refractivity contribution in [3.8, 4) is 0 Å². The number of pyridine rings is 2. The van der Waals surface area contributed by atoms with Gasteiger partial charge in [-0.3, -0.25) is 14.6 Å². The van der Waals surface area contributed by atoms with Crippen LogP contribution in [0.2, 0.25) is 10.0 Å². The Hall–Kier alpha value is -2.70. The van der Waals surface area contributed by atoms with E-state index in [2.05, 4.69) is 15.3 Å². The molecule has 138 valence electrons. The highest BCUT2D eigenvalue weighted by Gasteiger charge is 2.21. The standard InChI is InChI=1S/C19H14Cl2FN3O2/c20-14-5-3-11(8-15(14)21)13(18-16(22)2-1-7-23-18)10-25-19(27)12-4-6-17(26)24-9-12/h1-9,13H,10H2,(H,24,26)(H,25,27). The molecule has 8 heteroatoms. The molecule has 1 unspecified atom stereocenters. The summed E-state index contributed by atoms with van der Waals surface area (Å²) in [5, 5.41) is 3.43. The first-order valence-corrected chi connectivity index (χ1v) is 8.73. The van der Waals surface area contributed by atoms with E-state index in [-0.39, 0.29) is 23.4 Å². The third kappa shape index (κ3) is 4.53. The monoisotopic (exact) mass is 405 g/mol. The second-order valence-corrected chi connectivity index (χ2v) is 6.56. The number of amides is 1. The smallest absolute Gasteiger partial charge is 0.252 e. The molecule has 0 saturated heterocycles. The minimum absolute atomic E-state index is 0.0733. The number of benzene rings is 1. The van der Waals surface area contributed by atoms with E-state index >= 15 is 0 Å². The lowest BCUT2D eigenvalue weighted by Crippen LogP contribution is -2.30. The molecular weight excluding hydrogens is 392 g/mol. The van der Waals surface area contributed by atoms with Gasteiger partial charge < -0.3 is 10.3 Å². The summed E-state index contributed by atoms with van der Waals surface area (Å²) in [4.78, 5) is 30.0. The van der Waals surface area contributed by atoms with Gasteiger partial charge in [-0.15, -0.1) is 0 Å². The fraction of sp³-hybridized carbons (Fsp3) is 0.105. The number of rotatable bonds is 5. The maximum Gasteiger partial charge on any atom is 0.252 e. The summed E-state index contributed by atoms with van der Waals surface area (Å²) in [6.45, 7) is 0.0733. The summed E-state index contributed by atoms with van der Waals surface area (Å²) in [5.41, 5.74) is 0.807. The zero-order valence-corrected chi connectivity index (χ0v) is 15.4. The zero-order chi connectivity index (χ0) is 19.4. The molecule has 1 amide bonds. The molecular formula is C19H14Cl2FN3O2. The van der Waals surface area contributed by atoms with Crippen LogP contribution in [0.4, 0.5) is 4.39 Å². The van der Waals surface area contributed by atoms with Gasteiger partial charge in [0.1, 0.15) is 5.82 Å². The van der Waals surface area contributed by atoms with E-state index in [1.807, 2.05) is 0 Å². The van der Waals surface area contributed by atoms with Crippen LogP contribution in [-0.2, 0) is 0 Å². The van der Waals surface area contributed by atoms with Gasteiger partial charge in [0.25, 0.3) is 5.91 Å². The highest BCUT2D eigenvalue weighted by Crippen LogP contribution is 2.30. The Bertz CT molecular complexity index is 1020. The van der Waals surface area contributed by atoms with Crippen molar-refractivity contribution >= 4 is 29.1 Å². The van der Waals surface area contributed by atoms with Crippen LogP contribution in [0.15, 0.2) is 59.7 Å². The molecule has 0 saturated carbocycles. The molecule has 0 fully saturated rings. The fourth-order valence-corrected chi connectivity index (χ4v) is 2.91. The Morgan fingerprint density at radius 3 is 2.67 bits per heavy atom. The molecule has 0 aliphatic rings. The number of hydrogen-bond donors (Lipinski definition) is 2. The van der Waals surface area contributed by atoms with Gasteiger partial charge in [-0.2, -0.15) is 0 Å². The maximum absolute atomic E-state index is 14.3. The molecule has 3 rings (SSSR count). The summed E-state index contributed by atoms with van der Waals surface area (Å²) in [7, 11) is 0. The number of aromatic nitrogens is 2. The number of H-pyrrole nitrogens is 1. The Balaban J connectivity index is 1.89. The van der Waals surface area contributed by atoms with Crippen LogP contribution < -0.4 is 10.9 Å². The Kier molecular flexibility index (Phi) is 5.88. The van der Waals surface area contributed by atoms with Crippen LogP contribution in [0.25, 0.3) is 0 Å². The first kappa shape index (κ1) is 19.1. The molecule has 0 bridgehead atoms. The lowest BCUT2D eigenvalue weighted by Gasteiger charge is -2.19. The predicted molar refractivity (Wildman–Crippen MR) is 102 cm³/mol. The van der Waals surface area contributed by atoms with Crippen molar-refractivity contribution in [3.05, 3.63) is 97.9 Å². The van der Waals surface area contributed by atoms with Gasteiger partial charge in [0.2, 0.25) is 5.56 Å². The van der Waals surface area contributed by atoms with E-state index in [0.29, 0.717) is 15.6 Å². The number of aromatic amines is 1. The summed E-state index contributed by atoms with van der Waals surface area (Å²) in [5.74, 6) is -1.48. The zero-order valence-electron chi connectivity index (χ0n) is 13.9. The van der Waals surface area contributed by atoms with Crippen molar-refractivity contribution in [1.82, 2.24) is 15.3 Å². The number of nitrogens with one attached hydrogen (secondary N) is 2. The summed E-state index contributed by atoms with van der Waals surface area (Å²) < 4.78 is 14.3. The van der Waals surface area contributed by atoms with Gasteiger partial charge in [0.05, 0.1) is 21.3 Å². The van der Waals surface area contributed by atoms with Gasteiger partial charge >= 0.3 is 0 Å². The second-order valence-electron chi connectivity index (χ2n) is 5.75. The molecule has 1 atom stereocenters. The van der Waals surface area contributed by atoms with Gasteiger partial charge in [0, 0.05) is 30.9 Å². The van der Waals surface area contributed by atoms with Crippen molar-refractivity contribution in [2.24, 2.45) is 0 Å². The number of carbonyl (C=O) groups excluding carboxylic acids is 1. The minimum atomic E-state index is -0.576. The molecule has 0 spiro atoms. The lowest BCUT2D eigenvalue weighted by molar-refractivity contribution is 0.0951. The SMILES string of the molecule is O=C(NCC(c1ccc(Cl)c(Cl)c1)c1ncccc1F)c1ccc(=O)[nH]c1. The van der Waals surface area contributed by atoms with Crippen LogP contribution in [0.1, 0.15) is 27.5 Å². The van der Waals surface area contributed by atoms with Gasteiger partial charge in [-0.05, 0) is 35.9 Å². The Morgan fingerprint density at radius 1 is 1.19 bits per heavy atom. The molecule has 2 N–H and O–H groups in total. The number of halogens is 3. The molecule has 3 aromatic rings. The quantitative estimate of drug-likeness (QED) is 0.677. The second kappa shape index (κ2) is 8.33. The fourth-order valence-electron chi connectivity index (χ4n) is 2.60. The summed E-state index contributed by atoms with van der Waals surface area (Å²) >= 11 is 12.1. The number of nitrogens with zero attached hydrogens (tertiary/aromatic N) is 1. The Labute approximate surface area is 164 Å². The van der Waals surface area contributed by atoms with Crippen LogP contribution >= 0.6 is 23.2 Å². The average Bonchev–Trinajstić information content (AvgIpc) is 2.66. The van der Waals surface area contributed by atoms with Crippen molar-refractivity contribution in [2.75, 3.05) is 6.54 Å². The molecule has 5 nitrogen and oxygen atoms in total. The number of carbonyl (C=O) groups is 1. The van der Waals surface area contributed by atoms with Crippen LogP contribution in [0, 0.1) is 5.82 Å². The topological polar surface area (TPSA) is 74.8 Å². The first-order chi connectivity index (χ1) is 13.0. The Morgan fingerprint density at radius 2 is 2.00 bits per heavy atom. The van der Waals surface area contributed by atoms with E-state index in [1.165, 1.54) is 36.7 Å². The summed E-state index contributed by atoms with van der Waals surface area (Å²) in [6.07, 6.45) is 2.79. The van der Waals surface area contributed by atoms with Crippen LogP contribution in [0.5, 0.6) is 0 Å². The third-order valence-corrected chi connectivity index (χ3v) is 4.72. The van der Waals surface area contributed by atoms with E-state index < -0.39 is 17.6 Å². The first-order valence-electron chi connectivity index (χ1n) is 7.98. The van der Waals surface area contributed by atoms with E-state index in [0.717, 1.165) is 0 Å². The van der Waals surface area contributed by atoms with Crippen molar-refractivity contribution in [1.29, 1.82) is 0 Å². The van der Waals surface area contributed by atoms with Crippen LogP contribution in [0.3, 0.4) is 0 Å². The molecule has 0 aliphatic carbocycles. The van der Waals surface area contributed by atoms with Crippen LogP contribution in [-0.4, -0.2) is 22.4 Å². The highest BCUT2D eigenvalue weighted by molar-refractivity contribution is 6.42.